The van der Waals surface area contributed by atoms with E-state index in [2.05, 4.69) is 40.7 Å². The molecule has 15 heavy (non-hydrogen) atoms. The first-order valence-corrected chi connectivity index (χ1v) is 5.09. The lowest BCUT2D eigenvalue weighted by atomic mass is 10.2. The van der Waals surface area contributed by atoms with Crippen LogP contribution < -0.4 is 0 Å². The maximum absolute atomic E-state index is 10.0. The molecule has 0 amide bonds. The molecule has 3 heteroatoms. The summed E-state index contributed by atoms with van der Waals surface area (Å²) in [4.78, 5) is 10.0. The highest BCUT2D eigenvalue weighted by Gasteiger charge is 2.19. The second-order valence-electron chi connectivity index (χ2n) is 3.33. The number of rotatable bonds is 1. The number of aryl methyl sites for hydroxylation is 1. The molecule has 0 aliphatic carbocycles. The molecular weight excluding hydrogens is 192 g/mol. The second kappa shape index (κ2) is 6.06. The van der Waals surface area contributed by atoms with Gasteiger partial charge in [-0.2, -0.15) is 0 Å². The number of carbonyl (C=O) groups excluding carboxylic acids is 1. The van der Waals surface area contributed by atoms with E-state index >= 15 is 0 Å². The van der Waals surface area contributed by atoms with Crippen molar-refractivity contribution in [2.24, 2.45) is 0 Å². The van der Waals surface area contributed by atoms with Crippen molar-refractivity contribution in [3.8, 4) is 0 Å². The molecule has 0 saturated carbocycles. The number of ether oxygens (including phenoxy) is 2. The Bertz CT molecular complexity index is 295. The average molecular weight is 208 g/mol. The molecule has 0 spiro atoms. The standard InChI is InChI=1S/C8H10.C4H6O3/c1-2-8-6-4-3-5-7-8;1-3-2-6-4(5)7-3/h3-7H,2H2,1H3;3H,2H2,1H3. The van der Waals surface area contributed by atoms with E-state index in [0.717, 1.165) is 6.42 Å². The van der Waals surface area contributed by atoms with Crippen molar-refractivity contribution in [2.75, 3.05) is 6.61 Å². The van der Waals surface area contributed by atoms with Gasteiger partial charge in [0.25, 0.3) is 0 Å². The zero-order valence-electron chi connectivity index (χ0n) is 9.10. The van der Waals surface area contributed by atoms with Gasteiger partial charge in [-0.05, 0) is 18.9 Å². The van der Waals surface area contributed by atoms with Crippen LogP contribution in [0, 0.1) is 0 Å². The second-order valence-corrected chi connectivity index (χ2v) is 3.33. The van der Waals surface area contributed by atoms with Crippen molar-refractivity contribution >= 4 is 6.16 Å². The molecule has 1 heterocycles. The Kier molecular flexibility index (Phi) is 4.68. The van der Waals surface area contributed by atoms with E-state index in [1.165, 1.54) is 5.56 Å². The number of benzene rings is 1. The Morgan fingerprint density at radius 3 is 2.27 bits per heavy atom. The monoisotopic (exact) mass is 208 g/mol. The van der Waals surface area contributed by atoms with Crippen molar-refractivity contribution in [3.63, 3.8) is 0 Å². The van der Waals surface area contributed by atoms with Crippen LogP contribution in [0.15, 0.2) is 30.3 Å². The van der Waals surface area contributed by atoms with Crippen LogP contribution in [0.1, 0.15) is 19.4 Å². The topological polar surface area (TPSA) is 35.5 Å². The van der Waals surface area contributed by atoms with Crippen molar-refractivity contribution < 1.29 is 14.3 Å². The quantitative estimate of drug-likeness (QED) is 0.666. The third-order valence-corrected chi connectivity index (χ3v) is 1.98. The summed E-state index contributed by atoms with van der Waals surface area (Å²) in [6.45, 7) is 4.35. The summed E-state index contributed by atoms with van der Waals surface area (Å²) >= 11 is 0. The molecule has 1 atom stereocenters. The van der Waals surface area contributed by atoms with E-state index in [-0.39, 0.29) is 6.10 Å². The van der Waals surface area contributed by atoms with Crippen molar-refractivity contribution in [2.45, 2.75) is 26.4 Å². The fourth-order valence-corrected chi connectivity index (χ4v) is 1.13. The van der Waals surface area contributed by atoms with Gasteiger partial charge in [-0.25, -0.2) is 4.79 Å². The molecule has 1 fully saturated rings. The number of carbonyl (C=O) groups is 1. The molecule has 1 aromatic carbocycles. The minimum atomic E-state index is -0.549. The Morgan fingerprint density at radius 1 is 1.33 bits per heavy atom. The van der Waals surface area contributed by atoms with Crippen LogP contribution in [-0.2, 0) is 15.9 Å². The van der Waals surface area contributed by atoms with E-state index < -0.39 is 6.16 Å². The molecule has 82 valence electrons. The van der Waals surface area contributed by atoms with Gasteiger partial charge in [0, 0.05) is 0 Å². The van der Waals surface area contributed by atoms with E-state index in [1.807, 2.05) is 6.07 Å². The molecule has 3 nitrogen and oxygen atoms in total. The maximum Gasteiger partial charge on any atom is 0.508 e. The summed E-state index contributed by atoms with van der Waals surface area (Å²) in [7, 11) is 0. The third-order valence-electron chi connectivity index (χ3n) is 1.98. The summed E-state index contributed by atoms with van der Waals surface area (Å²) in [5.74, 6) is 0. The zero-order valence-corrected chi connectivity index (χ0v) is 9.10. The van der Waals surface area contributed by atoms with Gasteiger partial charge in [0.15, 0.2) is 0 Å². The highest BCUT2D eigenvalue weighted by Crippen LogP contribution is 2.02. The van der Waals surface area contributed by atoms with Gasteiger partial charge in [0.05, 0.1) is 0 Å². The van der Waals surface area contributed by atoms with Crippen LogP contribution in [0.2, 0.25) is 0 Å². The van der Waals surface area contributed by atoms with Crippen LogP contribution in [0.25, 0.3) is 0 Å². The third kappa shape index (κ3) is 4.49. The molecule has 1 saturated heterocycles. The smallest absolute Gasteiger partial charge is 0.430 e. The molecular formula is C12H16O3. The highest BCUT2D eigenvalue weighted by molar-refractivity contribution is 5.61. The maximum atomic E-state index is 10.0. The molecule has 1 aliphatic heterocycles. The number of cyclic esters (lactones) is 2. The summed E-state index contributed by atoms with van der Waals surface area (Å²) in [6, 6.07) is 10.5. The van der Waals surface area contributed by atoms with Gasteiger partial charge in [0.1, 0.15) is 12.7 Å². The largest absolute Gasteiger partial charge is 0.508 e. The van der Waals surface area contributed by atoms with Crippen molar-refractivity contribution in [1.29, 1.82) is 0 Å². The van der Waals surface area contributed by atoms with E-state index in [9.17, 15) is 4.79 Å². The summed E-state index contributed by atoms with van der Waals surface area (Å²) < 4.78 is 8.90. The van der Waals surface area contributed by atoms with Gasteiger partial charge in [-0.1, -0.05) is 37.3 Å². The summed E-state index contributed by atoms with van der Waals surface area (Å²) in [5, 5.41) is 0. The van der Waals surface area contributed by atoms with E-state index in [0.29, 0.717) is 6.61 Å². The van der Waals surface area contributed by atoms with E-state index in [1.54, 1.807) is 6.92 Å². The Balaban J connectivity index is 0.000000151. The van der Waals surface area contributed by atoms with E-state index in [4.69, 9.17) is 0 Å². The first-order chi connectivity index (χ1) is 7.22. The fraction of sp³-hybridized carbons (Fsp3) is 0.417. The highest BCUT2D eigenvalue weighted by atomic mass is 16.8. The molecule has 0 aromatic heterocycles. The lowest BCUT2D eigenvalue weighted by molar-refractivity contribution is 0.121. The Hall–Kier alpha value is -1.51. The number of hydrogen-bond acceptors (Lipinski definition) is 3. The molecule has 2 rings (SSSR count). The van der Waals surface area contributed by atoms with Crippen LogP contribution in [0.5, 0.6) is 0 Å². The lowest BCUT2D eigenvalue weighted by Crippen LogP contribution is -2.01. The molecule has 1 unspecified atom stereocenters. The summed E-state index contributed by atoms with van der Waals surface area (Å²) in [5.41, 5.74) is 1.41. The van der Waals surface area contributed by atoms with Crippen LogP contribution in [0.3, 0.4) is 0 Å². The number of hydrogen-bond donors (Lipinski definition) is 0. The van der Waals surface area contributed by atoms with Gasteiger partial charge in [-0.3, -0.25) is 0 Å². The first-order valence-electron chi connectivity index (χ1n) is 5.09. The van der Waals surface area contributed by atoms with Crippen LogP contribution in [-0.4, -0.2) is 18.9 Å². The minimum absolute atomic E-state index is 0.0486. The average Bonchev–Trinajstić information content (AvgIpc) is 2.65. The zero-order chi connectivity index (χ0) is 11.1. The molecule has 0 N–H and O–H groups in total. The predicted octanol–water partition coefficient (Wildman–Crippen LogP) is 2.79. The van der Waals surface area contributed by atoms with Crippen LogP contribution >= 0.6 is 0 Å². The normalized spacial score (nSPS) is 18.5. The molecule has 1 aliphatic rings. The van der Waals surface area contributed by atoms with Crippen LogP contribution in [0.4, 0.5) is 4.79 Å². The SMILES string of the molecule is CC1COC(=O)O1.CCc1ccccc1. The van der Waals surface area contributed by atoms with Gasteiger partial charge < -0.3 is 9.47 Å². The molecule has 0 radical (unpaired) electrons. The Labute approximate surface area is 90.0 Å². The van der Waals surface area contributed by atoms with Gasteiger partial charge in [0.2, 0.25) is 0 Å². The van der Waals surface area contributed by atoms with Crippen molar-refractivity contribution in [1.82, 2.24) is 0 Å². The molecule has 1 aromatic rings. The predicted molar refractivity (Wildman–Crippen MR) is 57.7 cm³/mol. The fourth-order valence-electron chi connectivity index (χ4n) is 1.13. The first kappa shape index (κ1) is 11.6. The van der Waals surface area contributed by atoms with Gasteiger partial charge in [-0.15, -0.1) is 0 Å². The molecule has 0 bridgehead atoms. The lowest BCUT2D eigenvalue weighted by Gasteiger charge is -1.90. The Morgan fingerprint density at radius 2 is 2.00 bits per heavy atom. The summed E-state index contributed by atoms with van der Waals surface area (Å²) in [6.07, 6.45) is 0.542. The minimum Gasteiger partial charge on any atom is -0.430 e. The van der Waals surface area contributed by atoms with Crippen molar-refractivity contribution in [3.05, 3.63) is 35.9 Å². The van der Waals surface area contributed by atoms with Gasteiger partial charge >= 0.3 is 6.16 Å².